The Kier molecular flexibility index (Phi) is 6.56. The number of rotatable bonds is 4. The fourth-order valence-corrected chi connectivity index (χ4v) is 5.52. The van der Waals surface area contributed by atoms with Crippen molar-refractivity contribution in [2.45, 2.75) is 64.1 Å². The van der Waals surface area contributed by atoms with Crippen LogP contribution in [0.5, 0.6) is 0 Å². The smallest absolute Gasteiger partial charge is 0.285 e. The second-order valence-corrected chi connectivity index (χ2v) is 9.73. The van der Waals surface area contributed by atoms with E-state index in [1.807, 2.05) is 13.0 Å². The van der Waals surface area contributed by atoms with Gasteiger partial charge in [0.25, 0.3) is 5.56 Å². The Balaban J connectivity index is 1.53. The van der Waals surface area contributed by atoms with Crippen LogP contribution in [0, 0.1) is 19.7 Å². The lowest BCUT2D eigenvalue weighted by Gasteiger charge is -2.30. The molecule has 3 aromatic heterocycles. The molecule has 0 atom stereocenters. The van der Waals surface area contributed by atoms with Gasteiger partial charge in [-0.15, -0.1) is 0 Å². The van der Waals surface area contributed by atoms with E-state index in [4.69, 9.17) is 0 Å². The molecule has 192 valence electrons. The van der Waals surface area contributed by atoms with Crippen molar-refractivity contribution in [2.75, 3.05) is 0 Å². The summed E-state index contributed by atoms with van der Waals surface area (Å²) < 4.78 is 56.7. The molecule has 1 fully saturated rings. The average molecular weight is 511 g/mol. The maximum absolute atomic E-state index is 14.6. The summed E-state index contributed by atoms with van der Waals surface area (Å²) in [7, 11) is 0. The number of aromatic nitrogens is 4. The van der Waals surface area contributed by atoms with Gasteiger partial charge >= 0.3 is 6.18 Å². The molecule has 1 aliphatic rings. The van der Waals surface area contributed by atoms with E-state index in [0.717, 1.165) is 17.2 Å². The van der Waals surface area contributed by atoms with Gasteiger partial charge in [-0.1, -0.05) is 12.1 Å². The van der Waals surface area contributed by atoms with Gasteiger partial charge in [-0.2, -0.15) is 13.2 Å². The summed E-state index contributed by atoms with van der Waals surface area (Å²) in [6.45, 7) is 3.30. The summed E-state index contributed by atoms with van der Waals surface area (Å²) in [4.78, 5) is 26.5. The van der Waals surface area contributed by atoms with Gasteiger partial charge in [-0.3, -0.25) is 14.3 Å². The highest BCUT2D eigenvalue weighted by molar-refractivity contribution is 5.71. The molecular formula is C28H26F4N4O. The van der Waals surface area contributed by atoms with Crippen LogP contribution in [0.4, 0.5) is 17.6 Å². The zero-order chi connectivity index (χ0) is 26.3. The van der Waals surface area contributed by atoms with Crippen LogP contribution in [0.25, 0.3) is 11.2 Å². The maximum atomic E-state index is 14.6. The van der Waals surface area contributed by atoms with Crippen molar-refractivity contribution in [1.82, 2.24) is 19.5 Å². The molecule has 3 heterocycles. The maximum Gasteiger partial charge on any atom is 0.418 e. The summed E-state index contributed by atoms with van der Waals surface area (Å²) in [5.41, 5.74) is 1.91. The van der Waals surface area contributed by atoms with Crippen LogP contribution in [0.15, 0.2) is 53.6 Å². The van der Waals surface area contributed by atoms with Gasteiger partial charge in [-0.25, -0.2) is 14.4 Å². The zero-order valence-electron chi connectivity index (χ0n) is 20.5. The molecule has 5 nitrogen and oxygen atoms in total. The quantitative estimate of drug-likeness (QED) is 0.296. The lowest BCUT2D eigenvalue weighted by molar-refractivity contribution is -0.138. The number of nitrogens with zero attached hydrogens (tertiary/aromatic N) is 4. The van der Waals surface area contributed by atoms with Crippen molar-refractivity contribution in [3.63, 3.8) is 0 Å². The monoisotopic (exact) mass is 510 g/mol. The van der Waals surface area contributed by atoms with Gasteiger partial charge in [0.05, 0.1) is 29.7 Å². The van der Waals surface area contributed by atoms with Crippen LogP contribution in [-0.4, -0.2) is 19.5 Å². The van der Waals surface area contributed by atoms with Gasteiger partial charge in [-0.05, 0) is 86.8 Å². The van der Waals surface area contributed by atoms with E-state index in [1.54, 1.807) is 19.1 Å². The highest BCUT2D eigenvalue weighted by Gasteiger charge is 2.34. The van der Waals surface area contributed by atoms with E-state index in [9.17, 15) is 22.4 Å². The fourth-order valence-electron chi connectivity index (χ4n) is 5.52. The molecule has 0 N–H and O–H groups in total. The number of hydrogen-bond acceptors (Lipinski definition) is 4. The third-order valence-corrected chi connectivity index (χ3v) is 7.29. The first kappa shape index (κ1) is 25.0. The number of alkyl halides is 3. The Morgan fingerprint density at radius 2 is 1.73 bits per heavy atom. The Bertz CT molecular complexity index is 1500. The topological polar surface area (TPSA) is 60.7 Å². The van der Waals surface area contributed by atoms with Crippen LogP contribution >= 0.6 is 0 Å². The lowest BCUT2D eigenvalue weighted by atomic mass is 9.75. The van der Waals surface area contributed by atoms with Gasteiger partial charge in [0.15, 0.2) is 5.65 Å². The zero-order valence-corrected chi connectivity index (χ0v) is 20.5. The van der Waals surface area contributed by atoms with Crippen LogP contribution in [0.2, 0.25) is 0 Å². The summed E-state index contributed by atoms with van der Waals surface area (Å²) in [5, 5.41) is 0. The van der Waals surface area contributed by atoms with Crippen molar-refractivity contribution < 1.29 is 17.6 Å². The number of hydrogen-bond donors (Lipinski definition) is 0. The van der Waals surface area contributed by atoms with Crippen LogP contribution < -0.4 is 5.56 Å². The minimum Gasteiger partial charge on any atom is -0.285 e. The number of benzene rings is 1. The second-order valence-electron chi connectivity index (χ2n) is 9.73. The largest absolute Gasteiger partial charge is 0.418 e. The molecule has 9 heteroatoms. The summed E-state index contributed by atoms with van der Waals surface area (Å²) in [6, 6.07) is 8.98. The third kappa shape index (κ3) is 4.86. The van der Waals surface area contributed by atoms with Gasteiger partial charge in [0, 0.05) is 11.8 Å². The minimum atomic E-state index is -4.61. The number of fused-ring (bicyclic) bond motifs is 1. The first-order chi connectivity index (χ1) is 17.6. The Morgan fingerprint density at radius 3 is 2.43 bits per heavy atom. The van der Waals surface area contributed by atoms with Crippen molar-refractivity contribution in [3.8, 4) is 0 Å². The van der Waals surface area contributed by atoms with Crippen LogP contribution in [0.3, 0.4) is 0 Å². The molecule has 0 unspecified atom stereocenters. The van der Waals surface area contributed by atoms with E-state index >= 15 is 0 Å². The van der Waals surface area contributed by atoms with Gasteiger partial charge in [0.1, 0.15) is 11.3 Å². The highest BCUT2D eigenvalue weighted by Crippen LogP contribution is 2.41. The molecule has 4 aromatic rings. The first-order valence-electron chi connectivity index (χ1n) is 12.3. The van der Waals surface area contributed by atoms with Crippen LogP contribution in [-0.2, 0) is 12.7 Å². The molecule has 0 aliphatic heterocycles. The molecule has 0 amide bonds. The molecule has 1 aliphatic carbocycles. The van der Waals surface area contributed by atoms with E-state index in [-0.39, 0.29) is 35.5 Å². The van der Waals surface area contributed by atoms with Crippen molar-refractivity contribution in [1.29, 1.82) is 0 Å². The number of pyridine rings is 2. The highest BCUT2D eigenvalue weighted by atomic mass is 19.4. The first-order valence-corrected chi connectivity index (χ1v) is 12.3. The molecular weight excluding hydrogens is 484 g/mol. The average Bonchev–Trinajstić information content (AvgIpc) is 2.85. The molecule has 0 spiro atoms. The Hall–Kier alpha value is -3.62. The Labute approximate surface area is 211 Å². The fraction of sp³-hybridized carbons (Fsp3) is 0.357. The van der Waals surface area contributed by atoms with Crippen molar-refractivity contribution in [3.05, 3.63) is 98.6 Å². The SMILES string of the molecule is Cc1cnc2c(cc([C@H]3CC[C@H](c4c(C)cccc4F)CC3)c(=O)n2Cc2ncccc2C(F)(F)F)n1. The molecule has 37 heavy (non-hydrogen) atoms. The molecule has 1 saturated carbocycles. The summed E-state index contributed by atoms with van der Waals surface area (Å²) in [6.07, 6.45) is 0.911. The van der Waals surface area contributed by atoms with Gasteiger partial charge in [0.2, 0.25) is 0 Å². The molecule has 0 saturated heterocycles. The van der Waals surface area contributed by atoms with E-state index in [1.165, 1.54) is 29.1 Å². The molecule has 1 aromatic carbocycles. The second kappa shape index (κ2) is 9.68. The molecule has 0 bridgehead atoms. The van der Waals surface area contributed by atoms with Crippen LogP contribution in [0.1, 0.15) is 71.2 Å². The standard InChI is InChI=1S/C28H26F4N4O/c1-16-5-3-7-22(29)25(16)19-10-8-18(9-11-19)20-13-23-26(34-14-17(2)35-23)36(27(20)37)15-24-21(28(30,31)32)6-4-12-33-24/h3-7,12-14,18-19H,8-11,15H2,1-2H3/t18-,19-. The van der Waals surface area contributed by atoms with E-state index in [2.05, 4.69) is 15.0 Å². The predicted octanol–water partition coefficient (Wildman–Crippen LogP) is 6.45. The van der Waals surface area contributed by atoms with E-state index in [0.29, 0.717) is 42.5 Å². The Morgan fingerprint density at radius 1 is 1.00 bits per heavy atom. The van der Waals surface area contributed by atoms with Gasteiger partial charge < -0.3 is 0 Å². The molecule has 5 rings (SSSR count). The third-order valence-electron chi connectivity index (χ3n) is 7.29. The van der Waals surface area contributed by atoms with E-state index < -0.39 is 17.3 Å². The number of aryl methyl sites for hydroxylation is 2. The normalized spacial score (nSPS) is 18.3. The van der Waals surface area contributed by atoms with Crippen molar-refractivity contribution >= 4 is 11.2 Å². The summed E-state index contributed by atoms with van der Waals surface area (Å²) >= 11 is 0. The lowest BCUT2D eigenvalue weighted by Crippen LogP contribution is -2.29. The molecule has 0 radical (unpaired) electrons. The van der Waals surface area contributed by atoms with Crippen molar-refractivity contribution in [2.24, 2.45) is 0 Å². The minimum absolute atomic E-state index is 0.0602. The predicted molar refractivity (Wildman–Crippen MR) is 132 cm³/mol. The summed E-state index contributed by atoms with van der Waals surface area (Å²) in [5.74, 6) is -0.261. The number of halogens is 4.